The second kappa shape index (κ2) is 5.29. The summed E-state index contributed by atoms with van der Waals surface area (Å²) in [6.45, 7) is 11.9. The fourth-order valence-electron chi connectivity index (χ4n) is 0.973. The highest BCUT2D eigenvalue weighted by Gasteiger charge is 1.99. The lowest BCUT2D eigenvalue weighted by molar-refractivity contribution is 0.256. The van der Waals surface area contributed by atoms with Gasteiger partial charge in [-0.2, -0.15) is 0 Å². The van der Waals surface area contributed by atoms with Gasteiger partial charge in [-0.05, 0) is 18.1 Å². The zero-order valence-corrected chi connectivity index (χ0v) is 8.66. The highest BCUT2D eigenvalue weighted by Crippen LogP contribution is 2.18. The molecule has 1 unspecified atom stereocenters. The molecule has 0 saturated carbocycles. The van der Waals surface area contributed by atoms with Crippen LogP contribution in [0, 0.1) is 12.5 Å². The molecular weight excluding hydrogens is 174 g/mol. The summed E-state index contributed by atoms with van der Waals surface area (Å²) < 4.78 is 5.56. The maximum atomic E-state index is 6.80. The Kier molecular flexibility index (Phi) is 4.00. The van der Waals surface area contributed by atoms with Gasteiger partial charge in [-0.25, -0.2) is 4.85 Å². The van der Waals surface area contributed by atoms with Crippen LogP contribution in [0.2, 0.25) is 0 Å². The van der Waals surface area contributed by atoms with Crippen molar-refractivity contribution in [3.05, 3.63) is 35.7 Å². The van der Waals surface area contributed by atoms with Crippen LogP contribution in [-0.2, 0) is 0 Å². The van der Waals surface area contributed by atoms with Crippen molar-refractivity contribution in [1.29, 1.82) is 0 Å². The SMILES string of the molecule is [C-]#[N+]c1ccc(OCC(C)CC)cc1. The number of rotatable bonds is 4. The van der Waals surface area contributed by atoms with Crippen LogP contribution in [0.1, 0.15) is 20.3 Å². The third-order valence-electron chi connectivity index (χ3n) is 2.20. The minimum atomic E-state index is 0.579. The summed E-state index contributed by atoms with van der Waals surface area (Å²) in [6, 6.07) is 7.24. The Labute approximate surface area is 85.3 Å². The summed E-state index contributed by atoms with van der Waals surface area (Å²) in [5.41, 5.74) is 0.654. The van der Waals surface area contributed by atoms with E-state index in [1.165, 1.54) is 0 Å². The molecule has 1 atom stereocenters. The number of nitrogens with zero attached hydrogens (tertiary/aromatic N) is 1. The molecule has 0 spiro atoms. The van der Waals surface area contributed by atoms with Gasteiger partial charge in [0, 0.05) is 0 Å². The lowest BCUT2D eigenvalue weighted by Gasteiger charge is -2.10. The van der Waals surface area contributed by atoms with Crippen molar-refractivity contribution in [3.63, 3.8) is 0 Å². The van der Waals surface area contributed by atoms with Gasteiger partial charge in [0.05, 0.1) is 13.2 Å². The third kappa shape index (κ3) is 3.10. The number of hydrogen-bond acceptors (Lipinski definition) is 1. The molecule has 14 heavy (non-hydrogen) atoms. The van der Waals surface area contributed by atoms with Gasteiger partial charge >= 0.3 is 0 Å². The maximum absolute atomic E-state index is 6.80. The van der Waals surface area contributed by atoms with E-state index >= 15 is 0 Å². The van der Waals surface area contributed by atoms with Gasteiger partial charge in [0.2, 0.25) is 0 Å². The molecule has 0 radical (unpaired) electrons. The Bertz CT molecular complexity index is 310. The smallest absolute Gasteiger partial charge is 0.187 e. The first-order chi connectivity index (χ1) is 6.76. The number of hydrogen-bond donors (Lipinski definition) is 0. The maximum Gasteiger partial charge on any atom is 0.187 e. The normalized spacial score (nSPS) is 11.8. The lowest BCUT2D eigenvalue weighted by atomic mass is 10.1. The van der Waals surface area contributed by atoms with Crippen molar-refractivity contribution in [2.75, 3.05) is 6.61 Å². The van der Waals surface area contributed by atoms with E-state index < -0.39 is 0 Å². The molecule has 1 rings (SSSR count). The summed E-state index contributed by atoms with van der Waals surface area (Å²) in [5.74, 6) is 1.42. The number of ether oxygens (including phenoxy) is 1. The molecule has 0 aliphatic heterocycles. The van der Waals surface area contributed by atoms with E-state index in [4.69, 9.17) is 11.3 Å². The summed E-state index contributed by atoms with van der Waals surface area (Å²) in [4.78, 5) is 3.32. The largest absolute Gasteiger partial charge is 0.493 e. The van der Waals surface area contributed by atoms with Crippen molar-refractivity contribution < 1.29 is 4.74 Å². The van der Waals surface area contributed by atoms with E-state index in [1.54, 1.807) is 12.1 Å². The quantitative estimate of drug-likeness (QED) is 0.659. The average Bonchev–Trinajstić information content (AvgIpc) is 2.26. The summed E-state index contributed by atoms with van der Waals surface area (Å²) in [6.07, 6.45) is 1.13. The predicted molar refractivity (Wildman–Crippen MR) is 57.7 cm³/mol. The van der Waals surface area contributed by atoms with Crippen LogP contribution in [-0.4, -0.2) is 6.61 Å². The molecule has 0 fully saturated rings. The van der Waals surface area contributed by atoms with Crippen LogP contribution < -0.4 is 4.74 Å². The van der Waals surface area contributed by atoms with E-state index in [9.17, 15) is 0 Å². The molecule has 0 aliphatic rings. The third-order valence-corrected chi connectivity index (χ3v) is 2.20. The molecule has 2 heteroatoms. The molecule has 0 amide bonds. The molecule has 0 N–H and O–H groups in total. The van der Waals surface area contributed by atoms with E-state index in [2.05, 4.69) is 18.7 Å². The van der Waals surface area contributed by atoms with Gasteiger partial charge < -0.3 is 4.74 Å². The molecule has 0 aliphatic carbocycles. The molecule has 1 aromatic rings. The Morgan fingerprint density at radius 3 is 2.50 bits per heavy atom. The highest BCUT2D eigenvalue weighted by molar-refractivity contribution is 5.46. The monoisotopic (exact) mass is 189 g/mol. The summed E-state index contributed by atoms with van der Waals surface area (Å²) >= 11 is 0. The summed E-state index contributed by atoms with van der Waals surface area (Å²) in [5, 5.41) is 0. The Morgan fingerprint density at radius 1 is 1.36 bits per heavy atom. The van der Waals surface area contributed by atoms with Crippen LogP contribution in [0.5, 0.6) is 5.75 Å². The zero-order valence-electron chi connectivity index (χ0n) is 8.66. The molecule has 0 bridgehead atoms. The molecule has 0 saturated heterocycles. The minimum absolute atomic E-state index is 0.579. The molecule has 0 heterocycles. The van der Waals surface area contributed by atoms with Crippen molar-refractivity contribution >= 4 is 5.69 Å². The average molecular weight is 189 g/mol. The van der Waals surface area contributed by atoms with E-state index in [1.807, 2.05) is 12.1 Å². The van der Waals surface area contributed by atoms with Gasteiger partial charge in [-0.3, -0.25) is 0 Å². The minimum Gasteiger partial charge on any atom is -0.493 e. The topological polar surface area (TPSA) is 13.6 Å². The second-order valence-corrected chi connectivity index (χ2v) is 3.43. The first kappa shape index (κ1) is 10.6. The lowest BCUT2D eigenvalue weighted by Crippen LogP contribution is -2.06. The van der Waals surface area contributed by atoms with Crippen molar-refractivity contribution in [2.45, 2.75) is 20.3 Å². The van der Waals surface area contributed by atoms with Crippen LogP contribution in [0.4, 0.5) is 5.69 Å². The van der Waals surface area contributed by atoms with Crippen molar-refractivity contribution in [3.8, 4) is 5.75 Å². The van der Waals surface area contributed by atoms with E-state index in [-0.39, 0.29) is 0 Å². The Morgan fingerprint density at radius 2 is 2.00 bits per heavy atom. The van der Waals surface area contributed by atoms with Gasteiger partial charge in [0.25, 0.3) is 0 Å². The molecular formula is C12H15NO. The molecule has 0 aromatic heterocycles. The van der Waals surface area contributed by atoms with Gasteiger partial charge in [-0.15, -0.1) is 0 Å². The predicted octanol–water partition coefficient (Wildman–Crippen LogP) is 3.66. The van der Waals surface area contributed by atoms with Gasteiger partial charge in [0.1, 0.15) is 5.75 Å². The first-order valence-corrected chi connectivity index (χ1v) is 4.86. The van der Waals surface area contributed by atoms with E-state index in [0.29, 0.717) is 11.6 Å². The standard InChI is InChI=1S/C12H15NO/c1-4-10(2)9-14-12-7-5-11(13-3)6-8-12/h5-8,10H,4,9H2,1-2H3. The van der Waals surface area contributed by atoms with Gasteiger partial charge in [0.15, 0.2) is 5.69 Å². The fourth-order valence-corrected chi connectivity index (χ4v) is 0.973. The fraction of sp³-hybridized carbons (Fsp3) is 0.417. The van der Waals surface area contributed by atoms with Crippen molar-refractivity contribution in [1.82, 2.24) is 0 Å². The molecule has 1 aromatic carbocycles. The highest BCUT2D eigenvalue weighted by atomic mass is 16.5. The Balaban J connectivity index is 2.49. The van der Waals surface area contributed by atoms with Crippen LogP contribution >= 0.6 is 0 Å². The molecule has 74 valence electrons. The van der Waals surface area contributed by atoms with Crippen LogP contribution in [0.15, 0.2) is 24.3 Å². The Hall–Kier alpha value is -1.49. The van der Waals surface area contributed by atoms with Crippen LogP contribution in [0.3, 0.4) is 0 Å². The zero-order chi connectivity index (χ0) is 10.4. The second-order valence-electron chi connectivity index (χ2n) is 3.43. The summed E-state index contributed by atoms with van der Waals surface area (Å²) in [7, 11) is 0. The first-order valence-electron chi connectivity index (χ1n) is 4.86. The van der Waals surface area contributed by atoms with Crippen LogP contribution in [0.25, 0.3) is 4.85 Å². The van der Waals surface area contributed by atoms with Crippen molar-refractivity contribution in [2.24, 2.45) is 5.92 Å². The molecule has 2 nitrogen and oxygen atoms in total. The van der Waals surface area contributed by atoms with Gasteiger partial charge in [-0.1, -0.05) is 32.4 Å². The number of benzene rings is 1. The van der Waals surface area contributed by atoms with E-state index in [0.717, 1.165) is 18.8 Å².